The zero-order valence-electron chi connectivity index (χ0n) is 14.8. The number of hydrogen-bond donors (Lipinski definition) is 1. The largest absolute Gasteiger partial charge is 0.488 e. The number of fused-ring (bicyclic) bond motifs is 2. The second-order valence-electron chi connectivity index (χ2n) is 6.93. The van der Waals surface area contributed by atoms with Crippen LogP contribution in [0, 0.1) is 0 Å². The van der Waals surface area contributed by atoms with Crippen LogP contribution in [0.25, 0.3) is 0 Å². The van der Waals surface area contributed by atoms with Crippen molar-refractivity contribution in [3.8, 4) is 23.0 Å². The number of benzene rings is 2. The van der Waals surface area contributed by atoms with Crippen molar-refractivity contribution in [2.24, 2.45) is 0 Å². The molecule has 2 aliphatic heterocycles. The highest BCUT2D eigenvalue weighted by molar-refractivity contribution is 5.97. The van der Waals surface area contributed by atoms with Gasteiger partial charge in [0.2, 0.25) is 6.79 Å². The molecule has 0 saturated heterocycles. The molecule has 0 radical (unpaired) electrons. The molecule has 4 rings (SSSR count). The maximum atomic E-state index is 12.4. The normalized spacial score (nSPS) is 15.9. The summed E-state index contributed by atoms with van der Waals surface area (Å²) in [5.74, 6) is 2.37. The lowest BCUT2D eigenvalue weighted by atomic mass is 10.0. The average molecular weight is 355 g/mol. The summed E-state index contributed by atoms with van der Waals surface area (Å²) in [6.45, 7) is 4.97. The molecule has 6 heteroatoms. The van der Waals surface area contributed by atoms with Gasteiger partial charge in [-0.2, -0.15) is 0 Å². The van der Waals surface area contributed by atoms with Crippen LogP contribution in [0.15, 0.2) is 36.4 Å². The minimum atomic E-state index is -0.216. The minimum absolute atomic E-state index is 0.137. The van der Waals surface area contributed by atoms with Gasteiger partial charge in [-0.25, -0.2) is 0 Å². The molecule has 2 aromatic rings. The first kappa shape index (κ1) is 16.6. The minimum Gasteiger partial charge on any atom is -0.488 e. The lowest BCUT2D eigenvalue weighted by molar-refractivity contribution is 0.0941. The first-order chi connectivity index (χ1) is 12.5. The van der Waals surface area contributed by atoms with E-state index >= 15 is 0 Å². The van der Waals surface area contributed by atoms with Gasteiger partial charge in [0.1, 0.15) is 12.2 Å². The third-order valence-corrected chi connectivity index (χ3v) is 4.34. The fourth-order valence-electron chi connectivity index (χ4n) is 3.23. The molecule has 1 amide bonds. The maximum Gasteiger partial charge on any atom is 0.255 e. The molecule has 2 aliphatic rings. The van der Waals surface area contributed by atoms with Gasteiger partial charge in [0.05, 0.1) is 12.1 Å². The van der Waals surface area contributed by atoms with Gasteiger partial charge in [0.15, 0.2) is 23.0 Å². The molecule has 2 heterocycles. The number of para-hydroxylation sites is 2. The molecule has 0 atom stereocenters. The molecule has 0 unspecified atom stereocenters. The summed E-state index contributed by atoms with van der Waals surface area (Å²) < 4.78 is 22.5. The number of nitrogens with one attached hydrogen (secondary N) is 1. The summed E-state index contributed by atoms with van der Waals surface area (Å²) in [4.78, 5) is 12.4. The van der Waals surface area contributed by atoms with E-state index in [9.17, 15) is 4.79 Å². The van der Waals surface area contributed by atoms with E-state index in [1.54, 1.807) is 18.2 Å². The molecular weight excluding hydrogens is 334 g/mol. The van der Waals surface area contributed by atoms with Gasteiger partial charge in [0.25, 0.3) is 5.91 Å². The van der Waals surface area contributed by atoms with Crippen molar-refractivity contribution in [3.05, 3.63) is 47.5 Å². The van der Waals surface area contributed by atoms with Crippen molar-refractivity contribution in [3.63, 3.8) is 0 Å². The average Bonchev–Trinajstić information content (AvgIpc) is 3.20. The monoisotopic (exact) mass is 355 g/mol. The number of carbonyl (C=O) groups is 1. The summed E-state index contributed by atoms with van der Waals surface area (Å²) in [6, 6.07) is 11.2. The molecule has 0 fully saturated rings. The molecule has 1 N–H and O–H groups in total. The van der Waals surface area contributed by atoms with Crippen molar-refractivity contribution in [1.82, 2.24) is 5.32 Å². The van der Waals surface area contributed by atoms with Gasteiger partial charge in [-0.1, -0.05) is 18.2 Å². The lowest BCUT2D eigenvalue weighted by Gasteiger charge is -2.18. The number of hydrogen-bond acceptors (Lipinski definition) is 5. The van der Waals surface area contributed by atoms with Crippen LogP contribution in [-0.2, 0) is 6.42 Å². The maximum absolute atomic E-state index is 12.4. The van der Waals surface area contributed by atoms with Crippen LogP contribution in [-0.4, -0.2) is 31.5 Å². The van der Waals surface area contributed by atoms with E-state index in [-0.39, 0.29) is 18.3 Å². The fourth-order valence-corrected chi connectivity index (χ4v) is 3.23. The quantitative estimate of drug-likeness (QED) is 0.836. The SMILES string of the molecule is CC1(C)Cc2cccc(OCCNC(=O)c3cccc4c3OCO4)c2O1. The van der Waals surface area contributed by atoms with Gasteiger partial charge in [-0.05, 0) is 32.0 Å². The van der Waals surface area contributed by atoms with Gasteiger partial charge in [-0.3, -0.25) is 4.79 Å². The summed E-state index contributed by atoms with van der Waals surface area (Å²) in [7, 11) is 0. The standard InChI is InChI=1S/C20H21NO5/c1-20(2)11-13-5-3-7-15(17(13)26-20)23-10-9-21-19(22)14-6-4-8-16-18(14)25-12-24-16/h3-8H,9-12H2,1-2H3,(H,21,22). The predicted octanol–water partition coefficient (Wildman–Crippen LogP) is 2.94. The highest BCUT2D eigenvalue weighted by atomic mass is 16.7. The second kappa shape index (κ2) is 6.44. The van der Waals surface area contributed by atoms with Crippen LogP contribution >= 0.6 is 0 Å². The highest BCUT2D eigenvalue weighted by Gasteiger charge is 2.32. The Morgan fingerprint density at radius 2 is 2.00 bits per heavy atom. The van der Waals surface area contributed by atoms with Crippen LogP contribution in [0.3, 0.4) is 0 Å². The molecule has 26 heavy (non-hydrogen) atoms. The summed E-state index contributed by atoms with van der Waals surface area (Å²) >= 11 is 0. The molecule has 2 aromatic carbocycles. The van der Waals surface area contributed by atoms with E-state index in [1.165, 1.54) is 0 Å². The summed E-state index contributed by atoms with van der Waals surface area (Å²) in [5.41, 5.74) is 1.39. The Morgan fingerprint density at radius 3 is 2.88 bits per heavy atom. The van der Waals surface area contributed by atoms with E-state index in [0.717, 1.165) is 17.7 Å². The Morgan fingerprint density at radius 1 is 1.15 bits per heavy atom. The molecule has 0 aromatic heterocycles. The zero-order valence-corrected chi connectivity index (χ0v) is 14.8. The van der Waals surface area contributed by atoms with Gasteiger partial charge in [0, 0.05) is 12.0 Å². The van der Waals surface area contributed by atoms with E-state index in [4.69, 9.17) is 18.9 Å². The third-order valence-electron chi connectivity index (χ3n) is 4.34. The van der Waals surface area contributed by atoms with E-state index in [0.29, 0.717) is 36.0 Å². The van der Waals surface area contributed by atoms with E-state index < -0.39 is 0 Å². The van der Waals surface area contributed by atoms with Crippen LogP contribution in [0.2, 0.25) is 0 Å². The molecule has 0 aliphatic carbocycles. The van der Waals surface area contributed by atoms with Gasteiger partial charge < -0.3 is 24.3 Å². The fraction of sp³-hybridized carbons (Fsp3) is 0.350. The van der Waals surface area contributed by atoms with Crippen LogP contribution in [0.5, 0.6) is 23.0 Å². The summed E-state index contributed by atoms with van der Waals surface area (Å²) in [5, 5.41) is 2.84. The van der Waals surface area contributed by atoms with Crippen molar-refractivity contribution in [1.29, 1.82) is 0 Å². The second-order valence-corrected chi connectivity index (χ2v) is 6.93. The van der Waals surface area contributed by atoms with Crippen LogP contribution in [0.1, 0.15) is 29.8 Å². The molecule has 0 saturated carbocycles. The molecule has 0 spiro atoms. The third kappa shape index (κ3) is 3.14. The Labute approximate surface area is 152 Å². The zero-order chi connectivity index (χ0) is 18.1. The number of ether oxygens (including phenoxy) is 4. The first-order valence-corrected chi connectivity index (χ1v) is 8.64. The molecule has 136 valence electrons. The lowest BCUT2D eigenvalue weighted by Crippen LogP contribution is -2.28. The van der Waals surface area contributed by atoms with Crippen molar-refractivity contribution in [2.75, 3.05) is 19.9 Å². The molecular formula is C20H21NO5. The number of rotatable bonds is 5. The summed E-state index contributed by atoms with van der Waals surface area (Å²) in [6.07, 6.45) is 0.859. The van der Waals surface area contributed by atoms with E-state index in [1.807, 2.05) is 12.1 Å². The van der Waals surface area contributed by atoms with Crippen molar-refractivity contribution < 1.29 is 23.7 Å². The predicted molar refractivity (Wildman–Crippen MR) is 95.2 cm³/mol. The highest BCUT2D eigenvalue weighted by Crippen LogP contribution is 2.41. The smallest absolute Gasteiger partial charge is 0.255 e. The van der Waals surface area contributed by atoms with Crippen molar-refractivity contribution >= 4 is 5.91 Å². The number of carbonyl (C=O) groups excluding carboxylic acids is 1. The topological polar surface area (TPSA) is 66.0 Å². The van der Waals surface area contributed by atoms with Gasteiger partial charge >= 0.3 is 0 Å². The van der Waals surface area contributed by atoms with Crippen LogP contribution < -0.4 is 24.3 Å². The van der Waals surface area contributed by atoms with Crippen molar-refractivity contribution in [2.45, 2.75) is 25.9 Å². The first-order valence-electron chi connectivity index (χ1n) is 8.64. The Bertz CT molecular complexity index is 846. The van der Waals surface area contributed by atoms with Crippen LogP contribution in [0.4, 0.5) is 0 Å². The Hall–Kier alpha value is -2.89. The molecule has 0 bridgehead atoms. The Balaban J connectivity index is 1.34. The number of amides is 1. The Kier molecular flexibility index (Phi) is 4.11. The van der Waals surface area contributed by atoms with Gasteiger partial charge in [-0.15, -0.1) is 0 Å². The van der Waals surface area contributed by atoms with E-state index in [2.05, 4.69) is 25.2 Å². The molecule has 6 nitrogen and oxygen atoms in total.